The summed E-state index contributed by atoms with van der Waals surface area (Å²) in [6, 6.07) is 3.44. The fourth-order valence-corrected chi connectivity index (χ4v) is 3.89. The predicted molar refractivity (Wildman–Crippen MR) is 110 cm³/mol. The molecule has 0 saturated carbocycles. The van der Waals surface area contributed by atoms with Gasteiger partial charge in [0.25, 0.3) is 0 Å². The third-order valence-corrected chi connectivity index (χ3v) is 6.69. The number of anilines is 1. The van der Waals surface area contributed by atoms with Crippen molar-refractivity contribution in [2.45, 2.75) is 0 Å². The SMILES string of the molecule is COc1ccc(Cl)c2sc(N(CCN(C)C)C(=O)CN(C)S(C)(=O)=O)nc12. The Morgan fingerprint density at radius 1 is 1.26 bits per heavy atom. The maximum absolute atomic E-state index is 12.8. The van der Waals surface area contributed by atoms with E-state index in [1.54, 1.807) is 12.1 Å². The van der Waals surface area contributed by atoms with Crippen molar-refractivity contribution < 1.29 is 17.9 Å². The molecule has 1 aromatic carbocycles. The van der Waals surface area contributed by atoms with E-state index in [9.17, 15) is 13.2 Å². The second kappa shape index (κ2) is 8.70. The number of amides is 1. The van der Waals surface area contributed by atoms with Crippen molar-refractivity contribution in [3.63, 3.8) is 0 Å². The molecule has 27 heavy (non-hydrogen) atoms. The number of fused-ring (bicyclic) bond motifs is 1. The Bertz CT molecular complexity index is 930. The van der Waals surface area contributed by atoms with E-state index in [1.807, 2.05) is 19.0 Å². The van der Waals surface area contributed by atoms with Gasteiger partial charge in [-0.15, -0.1) is 0 Å². The lowest BCUT2D eigenvalue weighted by atomic mass is 10.3. The van der Waals surface area contributed by atoms with Crippen LogP contribution in [0.1, 0.15) is 0 Å². The van der Waals surface area contributed by atoms with Crippen molar-refractivity contribution in [1.29, 1.82) is 0 Å². The number of carbonyl (C=O) groups is 1. The highest BCUT2D eigenvalue weighted by Crippen LogP contribution is 2.38. The van der Waals surface area contributed by atoms with E-state index in [0.29, 0.717) is 39.2 Å². The molecule has 150 valence electrons. The van der Waals surface area contributed by atoms with Gasteiger partial charge in [0.15, 0.2) is 5.13 Å². The quantitative estimate of drug-likeness (QED) is 0.629. The van der Waals surface area contributed by atoms with E-state index in [2.05, 4.69) is 4.98 Å². The lowest BCUT2D eigenvalue weighted by Crippen LogP contribution is -2.43. The monoisotopic (exact) mass is 434 g/mol. The van der Waals surface area contributed by atoms with Crippen LogP contribution in [0.2, 0.25) is 5.02 Å². The molecule has 2 rings (SSSR count). The van der Waals surface area contributed by atoms with E-state index >= 15 is 0 Å². The van der Waals surface area contributed by atoms with Crippen molar-refractivity contribution in [2.24, 2.45) is 0 Å². The molecule has 11 heteroatoms. The Morgan fingerprint density at radius 3 is 2.48 bits per heavy atom. The van der Waals surface area contributed by atoms with E-state index in [4.69, 9.17) is 16.3 Å². The van der Waals surface area contributed by atoms with Crippen LogP contribution in [0, 0.1) is 0 Å². The molecule has 0 saturated heterocycles. The normalized spacial score (nSPS) is 12.1. The summed E-state index contributed by atoms with van der Waals surface area (Å²) in [4.78, 5) is 20.8. The molecular formula is C16H23ClN4O4S2. The number of benzene rings is 1. The van der Waals surface area contributed by atoms with Crippen LogP contribution >= 0.6 is 22.9 Å². The molecule has 8 nitrogen and oxygen atoms in total. The summed E-state index contributed by atoms with van der Waals surface area (Å²) >= 11 is 7.54. The minimum Gasteiger partial charge on any atom is -0.494 e. The first-order valence-corrected chi connectivity index (χ1v) is 11.1. The van der Waals surface area contributed by atoms with E-state index < -0.39 is 10.0 Å². The van der Waals surface area contributed by atoms with Crippen molar-refractivity contribution in [3.8, 4) is 5.75 Å². The number of aromatic nitrogens is 1. The molecule has 1 heterocycles. The number of likely N-dealkylation sites (N-methyl/N-ethyl adjacent to an activating group) is 2. The van der Waals surface area contributed by atoms with Gasteiger partial charge in [0, 0.05) is 20.1 Å². The van der Waals surface area contributed by atoms with Gasteiger partial charge in [-0.25, -0.2) is 13.4 Å². The number of carbonyl (C=O) groups excluding carboxylic acids is 1. The molecule has 1 amide bonds. The third kappa shape index (κ3) is 5.29. The zero-order valence-corrected chi connectivity index (χ0v) is 18.3. The van der Waals surface area contributed by atoms with Crippen molar-refractivity contribution >= 4 is 54.2 Å². The number of methoxy groups -OCH3 is 1. The fourth-order valence-electron chi connectivity index (χ4n) is 2.24. The topological polar surface area (TPSA) is 83.0 Å². The minimum absolute atomic E-state index is 0.271. The fraction of sp³-hybridized carbons (Fsp3) is 0.500. The van der Waals surface area contributed by atoms with Crippen molar-refractivity contribution in [3.05, 3.63) is 17.2 Å². The molecule has 0 aliphatic rings. The Balaban J connectivity index is 2.43. The van der Waals surface area contributed by atoms with Gasteiger partial charge in [0.2, 0.25) is 15.9 Å². The summed E-state index contributed by atoms with van der Waals surface area (Å²) in [6.45, 7) is 0.686. The maximum atomic E-state index is 12.8. The summed E-state index contributed by atoms with van der Waals surface area (Å²) in [5.74, 6) is 0.198. The summed E-state index contributed by atoms with van der Waals surface area (Å²) in [6.07, 6.45) is 1.06. The Labute approximate surface area is 168 Å². The van der Waals surface area contributed by atoms with Gasteiger partial charge in [-0.1, -0.05) is 22.9 Å². The van der Waals surface area contributed by atoms with Gasteiger partial charge in [-0.05, 0) is 26.2 Å². The number of rotatable bonds is 8. The molecule has 0 fully saturated rings. The van der Waals surface area contributed by atoms with Crippen LogP contribution < -0.4 is 9.64 Å². The van der Waals surface area contributed by atoms with Crippen molar-refractivity contribution in [1.82, 2.24) is 14.2 Å². The number of thiazole rings is 1. The standard InChI is InChI=1S/C16H23ClN4O4S2/c1-19(2)8-9-21(13(22)10-20(3)27(5,23)24)16-18-14-12(25-4)7-6-11(17)15(14)26-16/h6-7H,8-10H2,1-5H3. The number of nitrogens with zero attached hydrogens (tertiary/aromatic N) is 4. The van der Waals surface area contributed by atoms with Crippen LogP contribution in [0.5, 0.6) is 5.75 Å². The molecule has 0 bridgehead atoms. The first-order valence-electron chi connectivity index (χ1n) is 8.04. The first kappa shape index (κ1) is 21.8. The molecule has 1 aromatic heterocycles. The zero-order chi connectivity index (χ0) is 20.4. The lowest BCUT2D eigenvalue weighted by molar-refractivity contribution is -0.118. The van der Waals surface area contributed by atoms with Gasteiger partial charge < -0.3 is 9.64 Å². The predicted octanol–water partition coefficient (Wildman–Crippen LogP) is 1.74. The number of hydrogen-bond acceptors (Lipinski definition) is 7. The Hall–Kier alpha value is -1.46. The molecule has 0 aliphatic heterocycles. The number of hydrogen-bond donors (Lipinski definition) is 0. The maximum Gasteiger partial charge on any atom is 0.244 e. The van der Waals surface area contributed by atoms with Gasteiger partial charge >= 0.3 is 0 Å². The van der Waals surface area contributed by atoms with E-state index in [0.717, 1.165) is 10.6 Å². The van der Waals surface area contributed by atoms with Gasteiger partial charge in [0.1, 0.15) is 11.3 Å². The van der Waals surface area contributed by atoms with Crippen molar-refractivity contribution in [2.75, 3.05) is 59.0 Å². The van der Waals surface area contributed by atoms with E-state index in [1.165, 1.54) is 30.4 Å². The summed E-state index contributed by atoms with van der Waals surface area (Å²) < 4.78 is 30.4. The van der Waals surface area contributed by atoms with Crippen LogP contribution in [-0.2, 0) is 14.8 Å². The molecule has 0 radical (unpaired) electrons. The summed E-state index contributed by atoms with van der Waals surface area (Å²) in [5, 5.41) is 0.966. The highest BCUT2D eigenvalue weighted by Gasteiger charge is 2.25. The Kier molecular flexibility index (Phi) is 7.03. The molecule has 0 unspecified atom stereocenters. The number of halogens is 1. The highest BCUT2D eigenvalue weighted by atomic mass is 35.5. The summed E-state index contributed by atoms with van der Waals surface area (Å²) in [7, 11) is 3.23. The van der Waals surface area contributed by atoms with Gasteiger partial charge in [-0.2, -0.15) is 4.31 Å². The largest absolute Gasteiger partial charge is 0.494 e. The molecule has 0 spiro atoms. The first-order chi connectivity index (χ1) is 12.5. The average Bonchev–Trinajstić information content (AvgIpc) is 3.00. The zero-order valence-electron chi connectivity index (χ0n) is 15.9. The second-order valence-corrected chi connectivity index (χ2v) is 9.77. The molecule has 0 aliphatic carbocycles. The van der Waals surface area contributed by atoms with E-state index in [-0.39, 0.29) is 12.5 Å². The molecule has 0 atom stereocenters. The summed E-state index contributed by atoms with van der Waals surface area (Å²) in [5.41, 5.74) is 0.573. The highest BCUT2D eigenvalue weighted by molar-refractivity contribution is 7.88. The van der Waals surface area contributed by atoms with Crippen LogP contribution in [-0.4, -0.2) is 82.7 Å². The number of ether oxygens (including phenoxy) is 1. The Morgan fingerprint density at radius 2 is 1.93 bits per heavy atom. The van der Waals surface area contributed by atoms with Crippen LogP contribution in [0.4, 0.5) is 5.13 Å². The number of sulfonamides is 1. The van der Waals surface area contributed by atoms with Crippen LogP contribution in [0.25, 0.3) is 10.2 Å². The second-order valence-electron chi connectivity index (χ2n) is 6.29. The van der Waals surface area contributed by atoms with Gasteiger partial charge in [-0.3, -0.25) is 9.69 Å². The minimum atomic E-state index is -3.47. The lowest BCUT2D eigenvalue weighted by Gasteiger charge is -2.24. The molecule has 2 aromatic rings. The third-order valence-electron chi connectivity index (χ3n) is 3.89. The molecular weight excluding hydrogens is 412 g/mol. The molecule has 0 N–H and O–H groups in total. The van der Waals surface area contributed by atoms with Crippen LogP contribution in [0.15, 0.2) is 12.1 Å². The van der Waals surface area contributed by atoms with Gasteiger partial charge in [0.05, 0.1) is 29.6 Å². The average molecular weight is 435 g/mol. The van der Waals surface area contributed by atoms with Crippen LogP contribution in [0.3, 0.4) is 0 Å². The smallest absolute Gasteiger partial charge is 0.244 e.